The van der Waals surface area contributed by atoms with Crippen molar-refractivity contribution < 1.29 is 4.39 Å². The molecule has 0 aliphatic carbocycles. The smallest absolute Gasteiger partial charge is 0.124 e. The molecule has 15 heavy (non-hydrogen) atoms. The van der Waals surface area contributed by atoms with Gasteiger partial charge < -0.3 is 0 Å². The summed E-state index contributed by atoms with van der Waals surface area (Å²) in [6, 6.07) is 5.01. The van der Waals surface area contributed by atoms with E-state index in [1.165, 1.54) is 6.07 Å². The van der Waals surface area contributed by atoms with Crippen LogP contribution in [-0.2, 0) is 6.42 Å². The van der Waals surface area contributed by atoms with Crippen LogP contribution in [0.1, 0.15) is 31.7 Å². The third-order valence-electron chi connectivity index (χ3n) is 2.35. The Morgan fingerprint density at radius 1 is 1.40 bits per heavy atom. The lowest BCUT2D eigenvalue weighted by Crippen LogP contribution is -1.97. The Labute approximate surface area is 104 Å². The summed E-state index contributed by atoms with van der Waals surface area (Å²) in [5.74, 6) is -0.183. The van der Waals surface area contributed by atoms with Crippen molar-refractivity contribution in [3.8, 4) is 0 Å². The molecule has 1 rings (SSSR count). The first-order valence-electron chi connectivity index (χ1n) is 5.21. The van der Waals surface area contributed by atoms with Crippen LogP contribution in [0, 0.1) is 5.82 Å². The van der Waals surface area contributed by atoms with E-state index in [-0.39, 0.29) is 11.2 Å². The van der Waals surface area contributed by atoms with E-state index < -0.39 is 0 Å². The summed E-state index contributed by atoms with van der Waals surface area (Å²) in [5.41, 5.74) is 1.03. The summed E-state index contributed by atoms with van der Waals surface area (Å²) in [7, 11) is 0. The molecule has 0 amide bonds. The average Bonchev–Trinajstić information content (AvgIpc) is 2.16. The molecule has 0 aliphatic rings. The molecule has 1 unspecified atom stereocenters. The maximum absolute atomic E-state index is 13.0. The average molecular weight is 294 g/mol. The van der Waals surface area contributed by atoms with Crippen molar-refractivity contribution in [2.45, 2.75) is 38.0 Å². The molecule has 0 saturated carbocycles. The van der Waals surface area contributed by atoms with Crippen LogP contribution >= 0.6 is 27.5 Å². The fraction of sp³-hybridized carbons (Fsp3) is 0.500. The number of alkyl halides is 1. The van der Waals surface area contributed by atoms with Gasteiger partial charge in [0.05, 0.1) is 0 Å². The molecule has 0 saturated heterocycles. The molecule has 0 spiro atoms. The van der Waals surface area contributed by atoms with Gasteiger partial charge in [-0.2, -0.15) is 0 Å². The Bertz CT molecular complexity index is 294. The minimum atomic E-state index is -0.183. The second-order valence-corrected chi connectivity index (χ2v) is 5.21. The van der Waals surface area contributed by atoms with Crippen molar-refractivity contribution in [3.05, 3.63) is 34.1 Å². The van der Waals surface area contributed by atoms with E-state index in [1.54, 1.807) is 6.07 Å². The van der Waals surface area contributed by atoms with Crippen molar-refractivity contribution in [1.29, 1.82) is 0 Å². The molecular weight excluding hydrogens is 278 g/mol. The molecule has 0 nitrogen and oxygen atoms in total. The van der Waals surface area contributed by atoms with Gasteiger partial charge in [0.2, 0.25) is 0 Å². The zero-order chi connectivity index (χ0) is 11.3. The summed E-state index contributed by atoms with van der Waals surface area (Å²) in [6.07, 6.45) is 3.89. The summed E-state index contributed by atoms with van der Waals surface area (Å²) in [4.78, 5) is 0. The number of aryl methyl sites for hydroxylation is 1. The standard InChI is InChI=1S/C12H15BrClF/c1-2-11(14)5-3-4-9-6-10(13)8-12(15)7-9/h6-8,11H,2-5H2,1H3. The number of halogens is 3. The first-order chi connectivity index (χ1) is 7.11. The molecule has 3 heteroatoms. The van der Waals surface area contributed by atoms with Gasteiger partial charge in [0.15, 0.2) is 0 Å². The predicted octanol–water partition coefficient (Wildman–Crippen LogP) is 4.93. The minimum Gasteiger partial charge on any atom is -0.207 e. The van der Waals surface area contributed by atoms with E-state index in [4.69, 9.17) is 11.6 Å². The van der Waals surface area contributed by atoms with Gasteiger partial charge >= 0.3 is 0 Å². The molecular formula is C12H15BrClF. The lowest BCUT2D eigenvalue weighted by atomic mass is 10.1. The highest BCUT2D eigenvalue weighted by atomic mass is 79.9. The maximum atomic E-state index is 13.0. The quantitative estimate of drug-likeness (QED) is 0.675. The van der Waals surface area contributed by atoms with Gasteiger partial charge in [-0.15, -0.1) is 11.6 Å². The highest BCUT2D eigenvalue weighted by molar-refractivity contribution is 9.10. The van der Waals surface area contributed by atoms with Crippen LogP contribution in [0.4, 0.5) is 4.39 Å². The Balaban J connectivity index is 2.43. The zero-order valence-corrected chi connectivity index (χ0v) is 11.1. The largest absolute Gasteiger partial charge is 0.207 e. The predicted molar refractivity (Wildman–Crippen MR) is 67.0 cm³/mol. The van der Waals surface area contributed by atoms with E-state index in [0.29, 0.717) is 0 Å². The summed E-state index contributed by atoms with van der Waals surface area (Å²) in [5, 5.41) is 0.252. The Morgan fingerprint density at radius 2 is 2.13 bits per heavy atom. The molecule has 1 atom stereocenters. The Kier molecular flexibility index (Phi) is 5.62. The normalized spacial score (nSPS) is 12.8. The van der Waals surface area contributed by atoms with Gasteiger partial charge in [-0.3, -0.25) is 0 Å². The Hall–Kier alpha value is -0.0800. The number of rotatable bonds is 5. The number of hydrogen-bond donors (Lipinski definition) is 0. The van der Waals surface area contributed by atoms with E-state index in [9.17, 15) is 4.39 Å². The van der Waals surface area contributed by atoms with Crippen LogP contribution in [0.15, 0.2) is 22.7 Å². The van der Waals surface area contributed by atoms with Crippen molar-refractivity contribution in [3.63, 3.8) is 0 Å². The van der Waals surface area contributed by atoms with Crippen molar-refractivity contribution in [2.75, 3.05) is 0 Å². The van der Waals surface area contributed by atoms with Gasteiger partial charge in [-0.05, 0) is 49.4 Å². The van der Waals surface area contributed by atoms with Gasteiger partial charge in [0, 0.05) is 9.85 Å². The SMILES string of the molecule is CCC(Cl)CCCc1cc(F)cc(Br)c1. The molecule has 1 aromatic rings. The van der Waals surface area contributed by atoms with Crippen molar-refractivity contribution in [2.24, 2.45) is 0 Å². The lowest BCUT2D eigenvalue weighted by Gasteiger charge is -2.06. The highest BCUT2D eigenvalue weighted by Crippen LogP contribution is 2.18. The van der Waals surface area contributed by atoms with Gasteiger partial charge in [0.1, 0.15) is 5.82 Å². The van der Waals surface area contributed by atoms with Gasteiger partial charge in [-0.25, -0.2) is 4.39 Å². The molecule has 0 heterocycles. The van der Waals surface area contributed by atoms with Crippen LogP contribution in [0.25, 0.3) is 0 Å². The monoisotopic (exact) mass is 292 g/mol. The van der Waals surface area contributed by atoms with Crippen LogP contribution in [0.3, 0.4) is 0 Å². The fourth-order valence-corrected chi connectivity index (χ4v) is 2.15. The first kappa shape index (κ1) is 13.0. The third kappa shape index (κ3) is 4.98. The topological polar surface area (TPSA) is 0 Å². The fourth-order valence-electron chi connectivity index (χ4n) is 1.49. The zero-order valence-electron chi connectivity index (χ0n) is 8.77. The molecule has 0 bridgehead atoms. The Morgan fingerprint density at radius 3 is 2.73 bits per heavy atom. The molecule has 1 aromatic carbocycles. The summed E-state index contributed by atoms with van der Waals surface area (Å²) < 4.78 is 13.8. The van der Waals surface area contributed by atoms with Gasteiger partial charge in [-0.1, -0.05) is 22.9 Å². The lowest BCUT2D eigenvalue weighted by molar-refractivity contribution is 0.620. The van der Waals surface area contributed by atoms with Gasteiger partial charge in [0.25, 0.3) is 0 Å². The molecule has 84 valence electrons. The number of benzene rings is 1. The molecule has 0 aliphatic heterocycles. The maximum Gasteiger partial charge on any atom is 0.124 e. The van der Waals surface area contributed by atoms with E-state index in [1.807, 2.05) is 6.07 Å². The second kappa shape index (κ2) is 6.49. The minimum absolute atomic E-state index is 0.183. The molecule has 0 fully saturated rings. The highest BCUT2D eigenvalue weighted by Gasteiger charge is 2.03. The molecule has 0 radical (unpaired) electrons. The van der Waals surface area contributed by atoms with Crippen LogP contribution in [-0.4, -0.2) is 5.38 Å². The van der Waals surface area contributed by atoms with Crippen molar-refractivity contribution in [1.82, 2.24) is 0 Å². The summed E-state index contributed by atoms with van der Waals surface area (Å²) in [6.45, 7) is 2.08. The summed E-state index contributed by atoms with van der Waals surface area (Å²) >= 11 is 9.29. The van der Waals surface area contributed by atoms with Crippen LogP contribution < -0.4 is 0 Å². The second-order valence-electron chi connectivity index (χ2n) is 3.68. The molecule has 0 aromatic heterocycles. The van der Waals surface area contributed by atoms with E-state index >= 15 is 0 Å². The number of hydrogen-bond acceptors (Lipinski definition) is 0. The third-order valence-corrected chi connectivity index (χ3v) is 3.33. The van der Waals surface area contributed by atoms with Crippen LogP contribution in [0.2, 0.25) is 0 Å². The van der Waals surface area contributed by atoms with Crippen molar-refractivity contribution >= 4 is 27.5 Å². The van der Waals surface area contributed by atoms with E-state index in [2.05, 4.69) is 22.9 Å². The molecule has 0 N–H and O–H groups in total. The van der Waals surface area contributed by atoms with E-state index in [0.717, 1.165) is 35.7 Å². The van der Waals surface area contributed by atoms with Crippen LogP contribution in [0.5, 0.6) is 0 Å². The first-order valence-corrected chi connectivity index (χ1v) is 6.43.